The van der Waals surface area contributed by atoms with Crippen LogP contribution in [0.25, 0.3) is 10.4 Å². The molecule has 35 heavy (non-hydrogen) atoms. The zero-order valence-electron chi connectivity index (χ0n) is 19.1. The van der Waals surface area contributed by atoms with E-state index in [-0.39, 0.29) is 35.9 Å². The Labute approximate surface area is 204 Å². The number of aryl methyl sites for hydroxylation is 1. The predicted molar refractivity (Wildman–Crippen MR) is 125 cm³/mol. The number of piperidine rings is 1. The lowest BCUT2D eigenvalue weighted by Gasteiger charge is -2.40. The number of carbonyl (C=O) groups excluding carboxylic acids is 1. The number of carbonyl (C=O) groups is 1. The molecule has 0 saturated carbocycles. The van der Waals surface area contributed by atoms with Crippen LogP contribution in [0.1, 0.15) is 33.9 Å². The van der Waals surface area contributed by atoms with E-state index in [1.807, 2.05) is 0 Å². The summed E-state index contributed by atoms with van der Waals surface area (Å²) in [6, 6.07) is 7.73. The van der Waals surface area contributed by atoms with Crippen LogP contribution in [0.3, 0.4) is 0 Å². The highest BCUT2D eigenvalue weighted by atomic mass is 32.1. The molecule has 1 N–H and O–H groups in total. The van der Waals surface area contributed by atoms with Crippen LogP contribution in [0.2, 0.25) is 0 Å². The fraction of sp³-hybridized carbons (Fsp3) is 0.375. The second-order valence-electron chi connectivity index (χ2n) is 8.21. The largest absolute Gasteiger partial charge is 0.417 e. The number of likely N-dealkylation sites (tertiary alicyclic amines) is 1. The summed E-state index contributed by atoms with van der Waals surface area (Å²) in [5.74, 6) is -0.380. The molecule has 0 aliphatic carbocycles. The Morgan fingerprint density at radius 2 is 1.97 bits per heavy atom. The van der Waals surface area contributed by atoms with Gasteiger partial charge in [-0.2, -0.15) is 13.2 Å². The van der Waals surface area contributed by atoms with E-state index in [1.165, 1.54) is 29.5 Å². The SMILES string of the molecule is CO[C@H]1CCCN(C(=O)c2nc(C)sc2-c2ccc(F)cc2)[C@H]1CNc1ccc(C(F)(F)F)cn1. The highest BCUT2D eigenvalue weighted by molar-refractivity contribution is 7.15. The van der Waals surface area contributed by atoms with Gasteiger partial charge < -0.3 is 15.0 Å². The smallest absolute Gasteiger partial charge is 0.379 e. The average molecular weight is 509 g/mol. The number of thiazole rings is 1. The summed E-state index contributed by atoms with van der Waals surface area (Å²) in [5, 5.41) is 3.74. The predicted octanol–water partition coefficient (Wildman–Crippen LogP) is 5.40. The van der Waals surface area contributed by atoms with Gasteiger partial charge in [-0.25, -0.2) is 14.4 Å². The van der Waals surface area contributed by atoms with Crippen molar-refractivity contribution in [1.82, 2.24) is 14.9 Å². The summed E-state index contributed by atoms with van der Waals surface area (Å²) in [4.78, 5) is 24.4. The van der Waals surface area contributed by atoms with Gasteiger partial charge in [-0.3, -0.25) is 4.79 Å². The van der Waals surface area contributed by atoms with Crippen molar-refractivity contribution in [3.8, 4) is 10.4 Å². The number of methoxy groups -OCH3 is 1. The minimum atomic E-state index is -4.47. The summed E-state index contributed by atoms with van der Waals surface area (Å²) in [5.41, 5.74) is 0.150. The molecule has 0 spiro atoms. The molecule has 1 aliphatic heterocycles. The van der Waals surface area contributed by atoms with Crippen LogP contribution in [0.15, 0.2) is 42.6 Å². The minimum Gasteiger partial charge on any atom is -0.379 e. The molecular weight excluding hydrogens is 484 g/mol. The zero-order chi connectivity index (χ0) is 25.2. The van der Waals surface area contributed by atoms with Crippen molar-refractivity contribution in [1.29, 1.82) is 0 Å². The molecule has 4 rings (SSSR count). The third kappa shape index (κ3) is 5.62. The molecule has 186 valence electrons. The number of alkyl halides is 3. The fourth-order valence-electron chi connectivity index (χ4n) is 4.17. The molecule has 2 aromatic heterocycles. The molecule has 0 unspecified atom stereocenters. The zero-order valence-corrected chi connectivity index (χ0v) is 19.9. The Balaban J connectivity index is 1.57. The number of aromatic nitrogens is 2. The molecule has 0 bridgehead atoms. The van der Waals surface area contributed by atoms with Gasteiger partial charge in [-0.1, -0.05) is 12.1 Å². The van der Waals surface area contributed by atoms with Gasteiger partial charge in [-0.05, 0) is 49.6 Å². The number of rotatable bonds is 6. The molecule has 3 aromatic rings. The number of nitrogens with zero attached hydrogens (tertiary/aromatic N) is 3. The van der Waals surface area contributed by atoms with E-state index in [2.05, 4.69) is 15.3 Å². The van der Waals surface area contributed by atoms with E-state index in [4.69, 9.17) is 4.74 Å². The lowest BCUT2D eigenvalue weighted by atomic mass is 9.97. The van der Waals surface area contributed by atoms with Gasteiger partial charge in [-0.15, -0.1) is 11.3 Å². The minimum absolute atomic E-state index is 0.234. The number of hydrogen-bond acceptors (Lipinski definition) is 6. The second-order valence-corrected chi connectivity index (χ2v) is 9.41. The molecule has 1 aliphatic rings. The number of halogens is 4. The molecule has 1 fully saturated rings. The third-order valence-corrected chi connectivity index (χ3v) is 6.93. The number of anilines is 1. The van der Waals surface area contributed by atoms with Crippen LogP contribution in [0.4, 0.5) is 23.4 Å². The Hall–Kier alpha value is -3.05. The van der Waals surface area contributed by atoms with E-state index in [0.29, 0.717) is 22.0 Å². The van der Waals surface area contributed by atoms with Crippen LogP contribution in [0.5, 0.6) is 0 Å². The molecular formula is C24H24F4N4O2S. The van der Waals surface area contributed by atoms with Crippen molar-refractivity contribution < 1.29 is 27.1 Å². The van der Waals surface area contributed by atoms with Crippen molar-refractivity contribution in [3.63, 3.8) is 0 Å². The molecule has 0 radical (unpaired) electrons. The van der Waals surface area contributed by atoms with Gasteiger partial charge >= 0.3 is 6.18 Å². The molecule has 3 heterocycles. The van der Waals surface area contributed by atoms with Gasteiger partial charge in [0, 0.05) is 26.4 Å². The van der Waals surface area contributed by atoms with Gasteiger partial charge in [0.25, 0.3) is 5.91 Å². The van der Waals surface area contributed by atoms with Gasteiger partial charge in [0.05, 0.1) is 27.6 Å². The maximum atomic E-state index is 13.7. The summed E-state index contributed by atoms with van der Waals surface area (Å²) >= 11 is 1.36. The topological polar surface area (TPSA) is 67.3 Å². The van der Waals surface area contributed by atoms with Crippen molar-refractivity contribution in [3.05, 3.63) is 64.7 Å². The molecule has 2 atom stereocenters. The standard InChI is InChI=1S/C24H24F4N4O2S/c1-14-31-21(22(35-14)15-5-8-17(25)9-6-15)23(33)32-11-3-4-19(34-2)18(32)13-30-20-10-7-16(12-29-20)24(26,27)28/h5-10,12,18-19H,3-4,11,13H2,1-2H3,(H,29,30)/t18-,19-/m0/s1. The number of benzene rings is 1. The van der Waals surface area contributed by atoms with Crippen molar-refractivity contribution in [2.75, 3.05) is 25.5 Å². The van der Waals surface area contributed by atoms with Crippen molar-refractivity contribution in [2.24, 2.45) is 0 Å². The average Bonchev–Trinajstić information content (AvgIpc) is 3.23. The fourth-order valence-corrected chi connectivity index (χ4v) is 5.09. The normalized spacial score (nSPS) is 18.5. The number of amides is 1. The Bertz CT molecular complexity index is 1170. The summed E-state index contributed by atoms with van der Waals surface area (Å²) < 4.78 is 57.5. The van der Waals surface area contributed by atoms with E-state index in [0.717, 1.165) is 25.1 Å². The van der Waals surface area contributed by atoms with Gasteiger partial charge in [0.1, 0.15) is 17.3 Å². The van der Waals surface area contributed by atoms with Crippen molar-refractivity contribution >= 4 is 23.1 Å². The van der Waals surface area contributed by atoms with E-state index >= 15 is 0 Å². The van der Waals surface area contributed by atoms with Gasteiger partial charge in [0.15, 0.2) is 0 Å². The third-order valence-electron chi connectivity index (χ3n) is 5.91. The number of pyridine rings is 1. The quantitative estimate of drug-likeness (QED) is 0.452. The number of hydrogen-bond donors (Lipinski definition) is 1. The summed E-state index contributed by atoms with van der Waals surface area (Å²) in [6.45, 7) is 2.51. The highest BCUT2D eigenvalue weighted by Gasteiger charge is 2.37. The molecule has 6 nitrogen and oxygen atoms in total. The molecule has 1 saturated heterocycles. The van der Waals surface area contributed by atoms with Crippen LogP contribution in [-0.2, 0) is 10.9 Å². The molecule has 11 heteroatoms. The maximum absolute atomic E-state index is 13.7. The Morgan fingerprint density at radius 1 is 1.23 bits per heavy atom. The first-order valence-corrected chi connectivity index (χ1v) is 11.8. The maximum Gasteiger partial charge on any atom is 0.417 e. The monoisotopic (exact) mass is 508 g/mol. The van der Waals surface area contributed by atoms with Gasteiger partial charge in [0.2, 0.25) is 0 Å². The first-order chi connectivity index (χ1) is 16.7. The van der Waals surface area contributed by atoms with Crippen molar-refractivity contribution in [2.45, 2.75) is 38.1 Å². The summed E-state index contributed by atoms with van der Waals surface area (Å²) in [6.07, 6.45) is -2.51. The Kier molecular flexibility index (Phi) is 7.36. The number of nitrogens with one attached hydrogen (secondary N) is 1. The first-order valence-electron chi connectivity index (χ1n) is 11.0. The lowest BCUT2D eigenvalue weighted by Crippen LogP contribution is -2.54. The lowest BCUT2D eigenvalue weighted by molar-refractivity contribution is -0.137. The second kappa shape index (κ2) is 10.3. The van der Waals surface area contributed by atoms with Crippen LogP contribution >= 0.6 is 11.3 Å². The van der Waals surface area contributed by atoms with Crippen LogP contribution in [-0.4, -0.2) is 53.1 Å². The van der Waals surface area contributed by atoms with E-state index < -0.39 is 17.8 Å². The Morgan fingerprint density at radius 3 is 2.60 bits per heavy atom. The van der Waals surface area contributed by atoms with E-state index in [1.54, 1.807) is 31.1 Å². The van der Waals surface area contributed by atoms with Crippen LogP contribution < -0.4 is 5.32 Å². The van der Waals surface area contributed by atoms with Crippen LogP contribution in [0, 0.1) is 12.7 Å². The van der Waals surface area contributed by atoms with E-state index in [9.17, 15) is 22.4 Å². The summed E-state index contributed by atoms with van der Waals surface area (Å²) in [7, 11) is 1.57. The highest BCUT2D eigenvalue weighted by Crippen LogP contribution is 2.33. The molecule has 1 amide bonds. The number of ether oxygens (including phenoxy) is 1. The molecule has 1 aromatic carbocycles. The first kappa shape index (κ1) is 25.1.